The molecule has 0 atom stereocenters. The Bertz CT molecular complexity index is 1380. The van der Waals surface area contributed by atoms with E-state index in [0.29, 0.717) is 0 Å². The highest BCUT2D eigenvalue weighted by Gasteiger charge is 2.39. The molecule has 0 saturated heterocycles. The van der Waals surface area contributed by atoms with Crippen molar-refractivity contribution in [3.05, 3.63) is 123 Å². The molecule has 0 unspecified atom stereocenters. The van der Waals surface area contributed by atoms with Gasteiger partial charge in [-0.1, -0.05) is 68.4 Å². The number of hydrogen-bond donors (Lipinski definition) is 0. The summed E-state index contributed by atoms with van der Waals surface area (Å²) in [5.74, 6) is 0. The van der Waals surface area contributed by atoms with Gasteiger partial charge in [-0.3, -0.25) is 4.79 Å². The summed E-state index contributed by atoms with van der Waals surface area (Å²) in [5.41, 5.74) is 7.35. The van der Waals surface area contributed by atoms with Crippen LogP contribution in [0.1, 0.15) is 30.5 Å². The van der Waals surface area contributed by atoms with E-state index < -0.39 is 0 Å². The molecule has 0 aliphatic carbocycles. The lowest BCUT2D eigenvalue weighted by atomic mass is 9.82. The van der Waals surface area contributed by atoms with Crippen LogP contribution in [0, 0.1) is 6.92 Å². The Hall–Kier alpha value is -3.72. The minimum absolute atomic E-state index is 0.0860. The number of benzene rings is 3. The first-order valence-corrected chi connectivity index (χ1v) is 11.0. The molecule has 0 saturated carbocycles. The Labute approximate surface area is 188 Å². The van der Waals surface area contributed by atoms with Crippen molar-refractivity contribution in [2.45, 2.75) is 26.2 Å². The van der Waals surface area contributed by atoms with Crippen LogP contribution in [0.2, 0.25) is 0 Å². The Morgan fingerprint density at radius 3 is 1.88 bits per heavy atom. The predicted octanol–water partition coefficient (Wildman–Crippen LogP) is 5.43. The molecular weight excluding hydrogens is 392 g/mol. The highest BCUT2D eigenvalue weighted by Crippen LogP contribution is 2.47. The molecule has 4 aromatic carbocycles. The van der Waals surface area contributed by atoms with E-state index in [2.05, 4.69) is 67.6 Å². The molecule has 158 valence electrons. The summed E-state index contributed by atoms with van der Waals surface area (Å²) in [7, 11) is 2.09. The molecule has 0 N–H and O–H groups in total. The molecule has 0 spiro atoms. The quantitative estimate of drug-likeness (QED) is 0.413. The Kier molecular flexibility index (Phi) is 4.70. The summed E-state index contributed by atoms with van der Waals surface area (Å²) in [5, 5.41) is 0.741. The number of anilines is 1. The topological polar surface area (TPSA) is 23.3 Å². The Balaban J connectivity index is 1.71. The molecular formula is C29H27N2O+. The summed E-state index contributed by atoms with van der Waals surface area (Å²) in [6.45, 7) is 6.51. The van der Waals surface area contributed by atoms with E-state index in [1.54, 1.807) is 0 Å². The Morgan fingerprint density at radius 2 is 1.34 bits per heavy atom. The average molecular weight is 420 g/mol. The van der Waals surface area contributed by atoms with Gasteiger partial charge >= 0.3 is 0 Å². The van der Waals surface area contributed by atoms with E-state index >= 15 is 0 Å². The molecule has 3 heteroatoms. The second kappa shape index (κ2) is 7.45. The highest BCUT2D eigenvalue weighted by molar-refractivity contribution is 5.76. The number of para-hydroxylation sites is 3. The van der Waals surface area contributed by atoms with E-state index in [9.17, 15) is 4.79 Å². The number of fused-ring (bicyclic) bond motifs is 1. The van der Waals surface area contributed by atoms with Crippen molar-refractivity contribution in [2.75, 3.05) is 11.9 Å². The third-order valence-corrected chi connectivity index (χ3v) is 6.69. The second-order valence-electron chi connectivity index (χ2n) is 8.95. The normalized spacial score (nSPS) is 15.9. The van der Waals surface area contributed by atoms with Gasteiger partial charge in [0.15, 0.2) is 0 Å². The fourth-order valence-electron chi connectivity index (χ4n) is 4.93. The number of hydrogen-bond acceptors (Lipinski definition) is 2. The predicted molar refractivity (Wildman–Crippen MR) is 133 cm³/mol. The van der Waals surface area contributed by atoms with Crippen molar-refractivity contribution < 1.29 is 0 Å². The van der Waals surface area contributed by atoms with Crippen molar-refractivity contribution in [1.29, 1.82) is 0 Å². The van der Waals surface area contributed by atoms with Crippen LogP contribution in [0.25, 0.3) is 6.08 Å². The standard InChI is InChI=1S/C29H27N2O/c1-20-23(19-26-29(2,3)24-17-11-12-18-25(24)30(26)4)28(32)27(20)31(21-13-7-5-8-14-21)22-15-9-6-10-16-22/h5-19H,1-4H3/q+1. The van der Waals surface area contributed by atoms with Crippen LogP contribution in [0.5, 0.6) is 0 Å². The molecule has 1 aliphatic heterocycles. The maximum absolute atomic E-state index is 13.5. The molecule has 0 fully saturated rings. The first-order chi connectivity index (χ1) is 15.4. The summed E-state index contributed by atoms with van der Waals surface area (Å²) >= 11 is 0. The van der Waals surface area contributed by atoms with Gasteiger partial charge in [-0.25, -0.2) is 0 Å². The van der Waals surface area contributed by atoms with Gasteiger partial charge in [-0.15, -0.1) is 0 Å². The van der Waals surface area contributed by atoms with E-state index in [0.717, 1.165) is 33.6 Å². The van der Waals surface area contributed by atoms with Gasteiger partial charge in [0.2, 0.25) is 11.4 Å². The second-order valence-corrected chi connectivity index (χ2v) is 8.95. The molecule has 0 amide bonds. The number of allylic oxidation sites excluding steroid dienone is 1. The molecule has 1 heterocycles. The fourth-order valence-corrected chi connectivity index (χ4v) is 4.93. The smallest absolute Gasteiger partial charge is 0.263 e. The zero-order valence-corrected chi connectivity index (χ0v) is 19.0. The zero-order chi connectivity index (χ0) is 22.5. The van der Waals surface area contributed by atoms with Crippen LogP contribution in [0.3, 0.4) is 0 Å². The lowest BCUT2D eigenvalue weighted by Crippen LogP contribution is -2.45. The summed E-state index contributed by atoms with van der Waals surface area (Å²) < 4.78 is 2.07. The van der Waals surface area contributed by atoms with E-state index in [1.165, 1.54) is 11.3 Å². The first kappa shape index (κ1) is 20.2. The Morgan fingerprint density at radius 1 is 0.812 bits per heavy atom. The molecule has 5 rings (SSSR count). The van der Waals surface area contributed by atoms with Gasteiger partial charge < -0.3 is 4.90 Å². The summed E-state index contributed by atoms with van der Waals surface area (Å²) in [6.07, 6.45) is 2.09. The average Bonchev–Trinajstić information content (AvgIpc) is 3.02. The number of rotatable bonds is 3. The lowest BCUT2D eigenvalue weighted by Gasteiger charge is -2.24. The molecule has 0 bridgehead atoms. The molecule has 3 nitrogen and oxygen atoms in total. The molecule has 0 aromatic heterocycles. The van der Waals surface area contributed by atoms with Crippen LogP contribution >= 0.6 is 0 Å². The van der Waals surface area contributed by atoms with Gasteiger partial charge in [-0.2, -0.15) is 4.58 Å². The molecule has 4 aromatic rings. The van der Waals surface area contributed by atoms with Gasteiger partial charge in [0.1, 0.15) is 0 Å². The zero-order valence-electron chi connectivity index (χ0n) is 19.0. The van der Waals surface area contributed by atoms with Crippen molar-refractivity contribution in [1.82, 2.24) is 4.58 Å². The monoisotopic (exact) mass is 419 g/mol. The van der Waals surface area contributed by atoms with Crippen molar-refractivity contribution in [2.24, 2.45) is 0 Å². The summed E-state index contributed by atoms with van der Waals surface area (Å²) in [6, 6.07) is 28.7. The minimum Gasteiger partial charge on any atom is -0.347 e. The first-order valence-electron chi connectivity index (χ1n) is 11.0. The van der Waals surface area contributed by atoms with Crippen LogP contribution in [-0.4, -0.2) is 7.05 Å². The number of nitrogens with zero attached hydrogens (tertiary/aromatic N) is 2. The third-order valence-electron chi connectivity index (χ3n) is 6.69. The van der Waals surface area contributed by atoms with Crippen molar-refractivity contribution in [3.63, 3.8) is 0 Å². The van der Waals surface area contributed by atoms with Crippen LogP contribution in [0.4, 0.5) is 17.1 Å². The van der Waals surface area contributed by atoms with E-state index in [1.807, 2.05) is 60.7 Å². The third kappa shape index (κ3) is 2.96. The van der Waals surface area contributed by atoms with Gasteiger partial charge in [0.25, 0.3) is 10.8 Å². The summed E-state index contributed by atoms with van der Waals surface area (Å²) in [4.78, 5) is 15.8. The van der Waals surface area contributed by atoms with Crippen LogP contribution in [0.15, 0.2) is 95.4 Å². The minimum atomic E-state index is -0.160. The molecule has 32 heavy (non-hydrogen) atoms. The maximum Gasteiger partial charge on any atom is 0.263 e. The van der Waals surface area contributed by atoms with Gasteiger partial charge in [-0.05, 0) is 24.6 Å². The van der Waals surface area contributed by atoms with Crippen molar-refractivity contribution in [3.8, 4) is 0 Å². The molecule has 1 aliphatic rings. The van der Waals surface area contributed by atoms with Gasteiger partial charge in [0, 0.05) is 59.2 Å². The van der Waals surface area contributed by atoms with Crippen molar-refractivity contribution >= 4 is 23.1 Å². The maximum atomic E-state index is 13.5. The molecule has 0 radical (unpaired) electrons. The highest BCUT2D eigenvalue weighted by atomic mass is 16.1. The fraction of sp³-hybridized carbons (Fsp3) is 0.172. The van der Waals surface area contributed by atoms with E-state index in [-0.39, 0.29) is 10.8 Å². The van der Waals surface area contributed by atoms with Gasteiger partial charge in [0.05, 0.1) is 0 Å². The lowest BCUT2D eigenvalue weighted by molar-refractivity contribution is 0.645. The largest absolute Gasteiger partial charge is 0.347 e. The van der Waals surface area contributed by atoms with Crippen LogP contribution < -0.4 is 20.3 Å². The van der Waals surface area contributed by atoms with Crippen LogP contribution in [-0.2, 0) is 5.41 Å². The van der Waals surface area contributed by atoms with E-state index in [4.69, 9.17) is 0 Å². The SMILES string of the molecule is Cc1c(C=C2N(C)c3ccccc3C2(C)C)c(=O)c1=[N+](c1ccccc1)c1ccccc1. The number of likely N-dealkylation sites (N-methyl/N-ethyl adjacent to an activating group) is 1.